The Kier molecular flexibility index (Phi) is 6.39. The second kappa shape index (κ2) is 8.97. The van der Waals surface area contributed by atoms with Gasteiger partial charge in [-0.15, -0.1) is 0 Å². The molecule has 0 atom stereocenters. The molecule has 1 aromatic heterocycles. The van der Waals surface area contributed by atoms with E-state index in [-0.39, 0.29) is 16.4 Å². The fourth-order valence-corrected chi connectivity index (χ4v) is 4.38. The van der Waals surface area contributed by atoms with Gasteiger partial charge >= 0.3 is 5.97 Å². The number of nitrogen functional groups attached to an aromatic ring is 1. The Morgan fingerprint density at radius 2 is 1.72 bits per heavy atom. The number of nitrogens with one attached hydrogen (secondary N) is 1. The largest absolute Gasteiger partial charge is 0.451 e. The summed E-state index contributed by atoms with van der Waals surface area (Å²) in [4.78, 5) is 31.5. The minimum atomic E-state index is -3.54. The zero-order valence-corrected chi connectivity index (χ0v) is 16.4. The van der Waals surface area contributed by atoms with E-state index in [1.807, 2.05) is 0 Å². The molecule has 0 unspecified atom stereocenters. The predicted octanol–water partition coefficient (Wildman–Crippen LogP) is 1.03. The maximum Gasteiger partial charge on any atom is 0.361 e. The first-order chi connectivity index (χ1) is 13.9. The topological polar surface area (TPSA) is 145 Å². The summed E-state index contributed by atoms with van der Waals surface area (Å²) in [6.07, 6.45) is 5.35. The van der Waals surface area contributed by atoms with Crippen molar-refractivity contribution in [2.24, 2.45) is 0 Å². The monoisotopic (exact) mass is 419 g/mol. The van der Waals surface area contributed by atoms with Gasteiger partial charge in [0.2, 0.25) is 10.0 Å². The van der Waals surface area contributed by atoms with Crippen molar-refractivity contribution in [3.8, 4) is 0 Å². The second-order valence-electron chi connectivity index (χ2n) is 6.40. The summed E-state index contributed by atoms with van der Waals surface area (Å²) in [6.45, 7) is 0.480. The van der Waals surface area contributed by atoms with E-state index in [4.69, 9.17) is 10.5 Å². The van der Waals surface area contributed by atoms with Crippen molar-refractivity contribution in [1.29, 1.82) is 0 Å². The molecule has 154 valence electrons. The van der Waals surface area contributed by atoms with Crippen molar-refractivity contribution < 1.29 is 22.7 Å². The Hall–Kier alpha value is -3.05. The van der Waals surface area contributed by atoms with Gasteiger partial charge in [-0.25, -0.2) is 23.2 Å². The molecule has 10 nitrogen and oxygen atoms in total. The highest BCUT2D eigenvalue weighted by atomic mass is 32.2. The Morgan fingerprint density at radius 1 is 1.07 bits per heavy atom. The Bertz CT molecular complexity index is 988. The van der Waals surface area contributed by atoms with Crippen molar-refractivity contribution in [3.63, 3.8) is 0 Å². The highest BCUT2D eigenvalue weighted by molar-refractivity contribution is 7.89. The molecule has 2 aromatic rings. The second-order valence-corrected chi connectivity index (χ2v) is 8.34. The van der Waals surface area contributed by atoms with Crippen LogP contribution in [0.25, 0.3) is 0 Å². The third-order valence-corrected chi connectivity index (χ3v) is 6.26. The number of nitrogens with zero attached hydrogens (tertiary/aromatic N) is 3. The van der Waals surface area contributed by atoms with Gasteiger partial charge in [0.05, 0.1) is 4.90 Å². The number of sulfonamides is 1. The SMILES string of the molecule is Nc1nccnc1C(=O)OCC(=O)Nc1ccc(S(=O)(=O)N2CCCCC2)cc1. The minimum absolute atomic E-state index is 0.0941. The smallest absolute Gasteiger partial charge is 0.361 e. The maximum absolute atomic E-state index is 12.6. The first-order valence-corrected chi connectivity index (χ1v) is 10.5. The number of ether oxygens (including phenoxy) is 1. The molecular weight excluding hydrogens is 398 g/mol. The summed E-state index contributed by atoms with van der Waals surface area (Å²) < 4.78 is 31.6. The number of carbonyl (C=O) groups excluding carboxylic acids is 2. The number of hydrogen-bond donors (Lipinski definition) is 2. The Balaban J connectivity index is 1.56. The van der Waals surface area contributed by atoms with Crippen molar-refractivity contribution in [2.45, 2.75) is 24.2 Å². The number of esters is 1. The number of benzene rings is 1. The molecule has 0 aliphatic carbocycles. The lowest BCUT2D eigenvalue weighted by Gasteiger charge is -2.25. The number of rotatable bonds is 6. The van der Waals surface area contributed by atoms with Crippen LogP contribution >= 0.6 is 0 Å². The molecule has 1 fully saturated rings. The molecular formula is C18H21N5O5S. The van der Waals surface area contributed by atoms with E-state index in [1.54, 1.807) is 0 Å². The highest BCUT2D eigenvalue weighted by Gasteiger charge is 2.25. The third-order valence-electron chi connectivity index (χ3n) is 4.35. The van der Waals surface area contributed by atoms with Crippen LogP contribution in [0.3, 0.4) is 0 Å². The first kappa shape index (κ1) is 20.7. The summed E-state index contributed by atoms with van der Waals surface area (Å²) in [5.74, 6) is -1.55. The summed E-state index contributed by atoms with van der Waals surface area (Å²) in [6, 6.07) is 5.84. The van der Waals surface area contributed by atoms with E-state index >= 15 is 0 Å². The number of aromatic nitrogens is 2. The average molecular weight is 419 g/mol. The van der Waals surface area contributed by atoms with Gasteiger partial charge in [-0.1, -0.05) is 6.42 Å². The Morgan fingerprint density at radius 3 is 2.38 bits per heavy atom. The molecule has 1 aromatic carbocycles. The van der Waals surface area contributed by atoms with Gasteiger partial charge in [0.1, 0.15) is 0 Å². The molecule has 2 heterocycles. The van der Waals surface area contributed by atoms with Crippen LogP contribution in [0.2, 0.25) is 0 Å². The van der Waals surface area contributed by atoms with E-state index in [9.17, 15) is 18.0 Å². The van der Waals surface area contributed by atoms with Crippen LogP contribution in [0, 0.1) is 0 Å². The van der Waals surface area contributed by atoms with Gasteiger partial charge in [-0.3, -0.25) is 4.79 Å². The van der Waals surface area contributed by atoms with E-state index in [0.717, 1.165) is 19.3 Å². The standard InChI is InChI=1S/C18H21N5O5S/c19-17-16(20-8-9-21-17)18(25)28-12-15(24)22-13-4-6-14(7-5-13)29(26,27)23-10-2-1-3-11-23/h4-9H,1-3,10-12H2,(H2,19,21)(H,22,24). The zero-order chi connectivity index (χ0) is 20.9. The third kappa shape index (κ3) is 5.06. The molecule has 0 radical (unpaired) electrons. The maximum atomic E-state index is 12.6. The van der Waals surface area contributed by atoms with Crippen molar-refractivity contribution in [2.75, 3.05) is 30.7 Å². The number of anilines is 2. The molecule has 3 N–H and O–H groups in total. The van der Waals surface area contributed by atoms with Crippen LogP contribution in [-0.2, 0) is 19.6 Å². The molecule has 0 saturated carbocycles. The molecule has 3 rings (SSSR count). The fraction of sp³-hybridized carbons (Fsp3) is 0.333. The number of amides is 1. The molecule has 1 amide bonds. The van der Waals surface area contributed by atoms with Crippen molar-refractivity contribution in [1.82, 2.24) is 14.3 Å². The van der Waals surface area contributed by atoms with Gasteiger partial charge in [0.15, 0.2) is 18.1 Å². The van der Waals surface area contributed by atoms with Gasteiger partial charge in [0, 0.05) is 31.2 Å². The van der Waals surface area contributed by atoms with E-state index in [1.165, 1.54) is 41.0 Å². The fourth-order valence-electron chi connectivity index (χ4n) is 2.87. The number of hydrogen-bond acceptors (Lipinski definition) is 8. The van der Waals surface area contributed by atoms with Gasteiger partial charge < -0.3 is 15.8 Å². The minimum Gasteiger partial charge on any atom is -0.451 e. The van der Waals surface area contributed by atoms with Gasteiger partial charge in [-0.05, 0) is 37.1 Å². The lowest BCUT2D eigenvalue weighted by molar-refractivity contribution is -0.119. The van der Waals surface area contributed by atoms with Crippen LogP contribution in [-0.4, -0.2) is 54.3 Å². The summed E-state index contributed by atoms with van der Waals surface area (Å²) in [5.41, 5.74) is 5.73. The van der Waals surface area contributed by atoms with Crippen LogP contribution in [0.1, 0.15) is 29.8 Å². The predicted molar refractivity (Wildman–Crippen MR) is 104 cm³/mol. The van der Waals surface area contributed by atoms with E-state index in [2.05, 4.69) is 15.3 Å². The van der Waals surface area contributed by atoms with Crippen LogP contribution in [0.4, 0.5) is 11.5 Å². The first-order valence-electron chi connectivity index (χ1n) is 9.01. The van der Waals surface area contributed by atoms with E-state index in [0.29, 0.717) is 18.8 Å². The van der Waals surface area contributed by atoms with Crippen LogP contribution in [0.5, 0.6) is 0 Å². The number of nitrogens with two attached hydrogens (primary N) is 1. The normalized spacial score (nSPS) is 14.9. The molecule has 11 heteroatoms. The average Bonchev–Trinajstić information content (AvgIpc) is 2.73. The van der Waals surface area contributed by atoms with E-state index < -0.39 is 28.5 Å². The summed E-state index contributed by atoms with van der Waals surface area (Å²) in [7, 11) is -3.54. The lowest BCUT2D eigenvalue weighted by atomic mass is 10.2. The quantitative estimate of drug-likeness (QED) is 0.661. The summed E-state index contributed by atoms with van der Waals surface area (Å²) in [5, 5.41) is 2.53. The molecule has 0 bridgehead atoms. The van der Waals surface area contributed by atoms with Crippen molar-refractivity contribution >= 4 is 33.4 Å². The molecule has 29 heavy (non-hydrogen) atoms. The van der Waals surface area contributed by atoms with Gasteiger partial charge in [0.25, 0.3) is 5.91 Å². The van der Waals surface area contributed by atoms with Crippen molar-refractivity contribution in [3.05, 3.63) is 42.4 Å². The van der Waals surface area contributed by atoms with Crippen LogP contribution < -0.4 is 11.1 Å². The summed E-state index contributed by atoms with van der Waals surface area (Å²) >= 11 is 0. The lowest BCUT2D eigenvalue weighted by Crippen LogP contribution is -2.35. The van der Waals surface area contributed by atoms with Crippen LogP contribution in [0.15, 0.2) is 41.6 Å². The molecule has 1 saturated heterocycles. The Labute approximate surface area is 168 Å². The molecule has 1 aliphatic rings. The van der Waals surface area contributed by atoms with Gasteiger partial charge in [-0.2, -0.15) is 4.31 Å². The number of carbonyl (C=O) groups is 2. The highest BCUT2D eigenvalue weighted by Crippen LogP contribution is 2.22. The molecule has 0 spiro atoms. The zero-order valence-electron chi connectivity index (χ0n) is 15.6. The molecule has 1 aliphatic heterocycles. The number of piperidine rings is 1.